The summed E-state index contributed by atoms with van der Waals surface area (Å²) >= 11 is 5.89. The van der Waals surface area contributed by atoms with Crippen LogP contribution in [0.25, 0.3) is 0 Å². The first kappa shape index (κ1) is 26.9. The number of halogens is 1. The van der Waals surface area contributed by atoms with E-state index >= 15 is 0 Å². The van der Waals surface area contributed by atoms with Crippen molar-refractivity contribution in [2.75, 3.05) is 31.6 Å². The van der Waals surface area contributed by atoms with Crippen LogP contribution in [0.2, 0.25) is 5.02 Å². The van der Waals surface area contributed by atoms with Gasteiger partial charge >= 0.3 is 10.5 Å². The second kappa shape index (κ2) is 12.8. The number of unbranched alkanes of at least 4 members (excludes halogenated alkanes) is 1. The summed E-state index contributed by atoms with van der Waals surface area (Å²) in [6.07, 6.45) is 2.64. The molecule has 1 heterocycles. The number of carbonyl (C=O) groups excluding carboxylic acids is 1. The van der Waals surface area contributed by atoms with Crippen LogP contribution in [-0.4, -0.2) is 53.4 Å². The Morgan fingerprint density at radius 1 is 1.09 bits per heavy atom. The number of benzene rings is 2. The smallest absolute Gasteiger partial charge is 0.316 e. The Kier molecular flexibility index (Phi) is 10.5. The maximum atomic E-state index is 12.6. The summed E-state index contributed by atoms with van der Waals surface area (Å²) in [7, 11) is -6.39. The van der Waals surface area contributed by atoms with E-state index in [0.29, 0.717) is 18.9 Å². The molecule has 1 aliphatic heterocycles. The van der Waals surface area contributed by atoms with Crippen LogP contribution in [-0.2, 0) is 25.3 Å². The van der Waals surface area contributed by atoms with Crippen LogP contribution in [0.15, 0.2) is 51.7 Å². The predicted molar refractivity (Wildman–Crippen MR) is 127 cm³/mol. The second-order valence-electron chi connectivity index (χ2n) is 6.96. The molecule has 2 aromatic carbocycles. The number of sulfonamides is 1. The lowest BCUT2D eigenvalue weighted by atomic mass is 10.1. The van der Waals surface area contributed by atoms with Gasteiger partial charge in [0, 0.05) is 23.8 Å². The quantitative estimate of drug-likeness (QED) is 0.617. The minimum absolute atomic E-state index is 0.0354. The second-order valence-corrected chi connectivity index (χ2v) is 9.96. The van der Waals surface area contributed by atoms with Crippen molar-refractivity contribution in [3.8, 4) is 0 Å². The number of carbonyl (C=O) groups is 1. The SMILES string of the molecule is CCCC.O=C(Nc1ccc(S(=O)(=O)N2CCOCC2)cc1)c1cc(Cl)ccc1N=S(=O)=O. The van der Waals surface area contributed by atoms with Crippen LogP contribution < -0.4 is 5.32 Å². The standard InChI is InChI=1S/C17H16ClN3O6S2.C4H10/c18-12-1-6-16(20-28(23)24)15(11-12)17(22)19-13-2-4-14(5-3-13)29(25,26)21-7-9-27-10-8-21;1-3-4-2/h1-6,11H,7-10H2,(H,19,22);3-4H2,1-2H3. The number of anilines is 1. The average molecular weight is 516 g/mol. The molecule has 0 saturated carbocycles. The lowest BCUT2D eigenvalue weighted by Crippen LogP contribution is -2.40. The van der Waals surface area contributed by atoms with Crippen molar-refractivity contribution in [2.45, 2.75) is 31.6 Å². The number of morpholine rings is 1. The van der Waals surface area contributed by atoms with Gasteiger partial charge in [-0.3, -0.25) is 4.79 Å². The van der Waals surface area contributed by atoms with E-state index in [4.69, 9.17) is 16.3 Å². The van der Waals surface area contributed by atoms with E-state index in [0.717, 1.165) is 0 Å². The minimum atomic E-state index is -3.65. The first-order valence-electron chi connectivity index (χ1n) is 10.3. The first-order valence-corrected chi connectivity index (χ1v) is 13.1. The molecule has 12 heteroatoms. The van der Waals surface area contributed by atoms with Gasteiger partial charge in [0.2, 0.25) is 10.0 Å². The lowest BCUT2D eigenvalue weighted by molar-refractivity contribution is 0.0730. The van der Waals surface area contributed by atoms with Crippen molar-refractivity contribution in [1.29, 1.82) is 0 Å². The molecule has 180 valence electrons. The third kappa shape index (κ3) is 7.90. The van der Waals surface area contributed by atoms with E-state index in [1.165, 1.54) is 59.6 Å². The number of amides is 1. The van der Waals surface area contributed by atoms with Gasteiger partial charge in [0.15, 0.2) is 0 Å². The fourth-order valence-corrected chi connectivity index (χ4v) is 4.59. The van der Waals surface area contributed by atoms with Crippen molar-refractivity contribution in [2.24, 2.45) is 4.36 Å². The Bertz CT molecular complexity index is 1180. The van der Waals surface area contributed by atoms with Gasteiger partial charge in [0.1, 0.15) is 0 Å². The molecule has 0 spiro atoms. The molecule has 9 nitrogen and oxygen atoms in total. The Hall–Kier alpha value is -2.31. The molecule has 1 fully saturated rings. The van der Waals surface area contributed by atoms with Crippen molar-refractivity contribution in [1.82, 2.24) is 4.31 Å². The van der Waals surface area contributed by atoms with E-state index in [1.807, 2.05) is 0 Å². The molecular weight excluding hydrogens is 490 g/mol. The zero-order chi connectivity index (χ0) is 24.4. The normalized spacial score (nSPS) is 14.0. The van der Waals surface area contributed by atoms with Gasteiger partial charge in [-0.1, -0.05) is 38.3 Å². The Morgan fingerprint density at radius 2 is 1.70 bits per heavy atom. The highest BCUT2D eigenvalue weighted by Gasteiger charge is 2.26. The highest BCUT2D eigenvalue weighted by molar-refractivity contribution is 7.89. The van der Waals surface area contributed by atoms with Crippen LogP contribution in [0.4, 0.5) is 11.4 Å². The lowest BCUT2D eigenvalue weighted by Gasteiger charge is -2.26. The summed E-state index contributed by atoms with van der Waals surface area (Å²) in [4.78, 5) is 12.6. The number of hydrogen-bond donors (Lipinski definition) is 1. The van der Waals surface area contributed by atoms with Gasteiger partial charge in [-0.15, -0.1) is 4.36 Å². The molecule has 0 aromatic heterocycles. The molecule has 0 unspecified atom stereocenters. The van der Waals surface area contributed by atoms with Gasteiger partial charge < -0.3 is 10.1 Å². The van der Waals surface area contributed by atoms with E-state index in [-0.39, 0.29) is 34.3 Å². The predicted octanol–water partition coefficient (Wildman–Crippen LogP) is 4.11. The van der Waals surface area contributed by atoms with Crippen molar-refractivity contribution in [3.63, 3.8) is 0 Å². The monoisotopic (exact) mass is 515 g/mol. The van der Waals surface area contributed by atoms with Gasteiger partial charge in [0.25, 0.3) is 5.91 Å². The van der Waals surface area contributed by atoms with Crippen LogP contribution in [0, 0.1) is 0 Å². The summed E-state index contributed by atoms with van der Waals surface area (Å²) in [5, 5.41) is 2.80. The number of hydrogen-bond acceptors (Lipinski definition) is 7. The number of ether oxygens (including phenoxy) is 1. The fraction of sp³-hybridized carbons (Fsp3) is 0.381. The van der Waals surface area contributed by atoms with Gasteiger partial charge in [-0.25, -0.2) is 8.42 Å². The Morgan fingerprint density at radius 3 is 2.24 bits per heavy atom. The van der Waals surface area contributed by atoms with Crippen molar-refractivity contribution in [3.05, 3.63) is 53.1 Å². The summed E-state index contributed by atoms with van der Waals surface area (Å²) in [6, 6.07) is 9.67. The van der Waals surface area contributed by atoms with Crippen LogP contribution >= 0.6 is 11.6 Å². The summed E-state index contributed by atoms with van der Waals surface area (Å²) in [6.45, 7) is 5.61. The summed E-state index contributed by atoms with van der Waals surface area (Å²) in [5.41, 5.74) is 0.226. The maximum Gasteiger partial charge on any atom is 0.316 e. The van der Waals surface area contributed by atoms with E-state index in [9.17, 15) is 21.6 Å². The third-order valence-electron chi connectivity index (χ3n) is 4.60. The van der Waals surface area contributed by atoms with E-state index in [1.54, 1.807) is 0 Å². The van der Waals surface area contributed by atoms with E-state index < -0.39 is 26.4 Å². The molecule has 1 N–H and O–H groups in total. The molecule has 33 heavy (non-hydrogen) atoms. The average Bonchev–Trinajstić information content (AvgIpc) is 2.81. The Balaban J connectivity index is 0.000000890. The molecule has 1 amide bonds. The molecule has 0 aliphatic carbocycles. The van der Waals surface area contributed by atoms with Gasteiger partial charge in [0.05, 0.1) is 29.4 Å². The Labute approximate surface area is 200 Å². The topological polar surface area (TPSA) is 122 Å². The van der Waals surface area contributed by atoms with Crippen LogP contribution in [0.1, 0.15) is 37.0 Å². The first-order chi connectivity index (χ1) is 15.7. The number of nitrogens with one attached hydrogen (secondary N) is 1. The van der Waals surface area contributed by atoms with Gasteiger partial charge in [-0.05, 0) is 42.5 Å². The minimum Gasteiger partial charge on any atom is -0.379 e. The molecule has 3 rings (SSSR count). The van der Waals surface area contributed by atoms with E-state index in [2.05, 4.69) is 23.5 Å². The molecule has 0 bridgehead atoms. The molecule has 0 radical (unpaired) electrons. The van der Waals surface area contributed by atoms with Gasteiger partial charge in [-0.2, -0.15) is 12.7 Å². The summed E-state index contributed by atoms with van der Waals surface area (Å²) < 4.78 is 56.8. The molecule has 2 aromatic rings. The number of nitrogens with zero attached hydrogens (tertiary/aromatic N) is 2. The fourth-order valence-electron chi connectivity index (χ4n) is 2.69. The highest BCUT2D eigenvalue weighted by atomic mass is 35.5. The maximum absolute atomic E-state index is 12.6. The van der Waals surface area contributed by atoms with Crippen molar-refractivity contribution >= 4 is 49.4 Å². The highest BCUT2D eigenvalue weighted by Crippen LogP contribution is 2.25. The van der Waals surface area contributed by atoms with Crippen molar-refractivity contribution < 1.29 is 26.4 Å². The summed E-state index contributed by atoms with van der Waals surface area (Å²) in [5.74, 6) is -0.638. The van der Waals surface area contributed by atoms with Crippen LogP contribution in [0.5, 0.6) is 0 Å². The molecular formula is C21H26ClN3O6S2. The molecule has 1 aliphatic rings. The van der Waals surface area contributed by atoms with Crippen LogP contribution in [0.3, 0.4) is 0 Å². The third-order valence-corrected chi connectivity index (χ3v) is 7.09. The largest absolute Gasteiger partial charge is 0.379 e. The zero-order valence-corrected chi connectivity index (χ0v) is 20.7. The zero-order valence-electron chi connectivity index (χ0n) is 18.3. The molecule has 0 atom stereocenters. The number of rotatable bonds is 6. The molecule has 1 saturated heterocycles.